The number of halogens is 1. The Balaban J connectivity index is 1.82. The second-order valence-corrected chi connectivity index (χ2v) is 6.43. The van der Waals surface area contributed by atoms with Crippen molar-refractivity contribution >= 4 is 23.5 Å². The average Bonchev–Trinajstić information content (AvgIpc) is 2.37. The molecule has 21 heavy (non-hydrogen) atoms. The van der Waals surface area contributed by atoms with E-state index in [-0.39, 0.29) is 17.4 Å². The van der Waals surface area contributed by atoms with E-state index < -0.39 is 5.60 Å². The number of piperidine rings is 1. The zero-order valence-corrected chi connectivity index (χ0v) is 13.4. The zero-order valence-electron chi connectivity index (χ0n) is 12.6. The van der Waals surface area contributed by atoms with Gasteiger partial charge in [-0.25, -0.2) is 14.8 Å². The van der Waals surface area contributed by atoms with Crippen molar-refractivity contribution in [2.45, 2.75) is 45.3 Å². The van der Waals surface area contributed by atoms with E-state index in [0.717, 1.165) is 31.7 Å². The van der Waals surface area contributed by atoms with Crippen molar-refractivity contribution in [2.24, 2.45) is 0 Å². The summed E-state index contributed by atoms with van der Waals surface area (Å²) in [6, 6.07) is 1.97. The normalized spacial score (nSPS) is 16.7. The van der Waals surface area contributed by atoms with E-state index >= 15 is 0 Å². The fraction of sp³-hybridized carbons (Fsp3) is 0.643. The highest BCUT2D eigenvalue weighted by atomic mass is 35.5. The summed E-state index contributed by atoms with van der Waals surface area (Å²) in [5, 5.41) is 3.16. The van der Waals surface area contributed by atoms with Crippen LogP contribution in [-0.2, 0) is 4.74 Å². The van der Waals surface area contributed by atoms with Crippen LogP contribution in [0.4, 0.5) is 10.6 Å². The van der Waals surface area contributed by atoms with Crippen LogP contribution in [0.1, 0.15) is 33.6 Å². The number of hydrogen-bond donors (Lipinski definition) is 1. The molecule has 6 nitrogen and oxygen atoms in total. The van der Waals surface area contributed by atoms with Crippen molar-refractivity contribution in [3.8, 4) is 0 Å². The first-order valence-corrected chi connectivity index (χ1v) is 7.44. The van der Waals surface area contributed by atoms with E-state index in [9.17, 15) is 4.79 Å². The van der Waals surface area contributed by atoms with Gasteiger partial charge in [0.25, 0.3) is 0 Å². The first-order chi connectivity index (χ1) is 9.83. The third-order valence-electron chi connectivity index (χ3n) is 3.15. The summed E-state index contributed by atoms with van der Waals surface area (Å²) in [5.41, 5.74) is -0.470. The molecule has 0 aromatic carbocycles. The molecule has 1 fully saturated rings. The second-order valence-electron chi connectivity index (χ2n) is 6.09. The standard InChI is InChI=1S/C14H21ClN4O2/c1-14(2,3)21-13(20)17-10-5-8-19(9-6-10)11-4-7-16-12(15)18-11/h4,7,10H,5-6,8-9H2,1-3H3,(H,17,20). The number of ether oxygens (including phenoxy) is 1. The Hall–Kier alpha value is -1.56. The van der Waals surface area contributed by atoms with Crippen LogP contribution in [0, 0.1) is 0 Å². The lowest BCUT2D eigenvalue weighted by atomic mass is 10.1. The molecule has 0 bridgehead atoms. The number of aromatic nitrogens is 2. The summed E-state index contributed by atoms with van der Waals surface area (Å²) < 4.78 is 5.27. The number of carbonyl (C=O) groups is 1. The molecule has 7 heteroatoms. The predicted molar refractivity (Wildman–Crippen MR) is 81.6 cm³/mol. The highest BCUT2D eigenvalue weighted by Gasteiger charge is 2.24. The van der Waals surface area contributed by atoms with Crippen molar-refractivity contribution in [1.82, 2.24) is 15.3 Å². The molecule has 1 aromatic rings. The van der Waals surface area contributed by atoms with Crippen LogP contribution in [0.3, 0.4) is 0 Å². The Kier molecular flexibility index (Phi) is 4.88. The minimum atomic E-state index is -0.470. The topological polar surface area (TPSA) is 67.3 Å². The minimum absolute atomic E-state index is 0.133. The van der Waals surface area contributed by atoms with Crippen molar-refractivity contribution < 1.29 is 9.53 Å². The van der Waals surface area contributed by atoms with Crippen LogP contribution in [0.2, 0.25) is 5.28 Å². The van der Waals surface area contributed by atoms with Gasteiger partial charge in [-0.3, -0.25) is 0 Å². The number of nitrogens with zero attached hydrogens (tertiary/aromatic N) is 3. The van der Waals surface area contributed by atoms with Crippen LogP contribution in [0.5, 0.6) is 0 Å². The molecule has 0 radical (unpaired) electrons. The van der Waals surface area contributed by atoms with E-state index in [0.29, 0.717) is 0 Å². The van der Waals surface area contributed by atoms with Gasteiger partial charge < -0.3 is 15.0 Å². The third-order valence-corrected chi connectivity index (χ3v) is 3.33. The molecule has 1 aliphatic rings. The number of amides is 1. The summed E-state index contributed by atoms with van der Waals surface area (Å²) in [6.45, 7) is 7.19. The monoisotopic (exact) mass is 312 g/mol. The van der Waals surface area contributed by atoms with E-state index in [1.807, 2.05) is 26.8 Å². The molecular weight excluding hydrogens is 292 g/mol. The van der Waals surface area contributed by atoms with Crippen LogP contribution in [0.15, 0.2) is 12.3 Å². The Labute approximate surface area is 129 Å². The maximum absolute atomic E-state index is 11.7. The molecule has 1 aliphatic heterocycles. The quantitative estimate of drug-likeness (QED) is 0.850. The smallest absolute Gasteiger partial charge is 0.407 e. The van der Waals surface area contributed by atoms with Gasteiger partial charge in [0.05, 0.1) is 0 Å². The molecule has 0 unspecified atom stereocenters. The second kappa shape index (κ2) is 6.47. The first kappa shape index (κ1) is 15.8. The van der Waals surface area contributed by atoms with E-state index in [1.54, 1.807) is 6.20 Å². The number of anilines is 1. The highest BCUT2D eigenvalue weighted by Crippen LogP contribution is 2.19. The van der Waals surface area contributed by atoms with Crippen molar-refractivity contribution in [2.75, 3.05) is 18.0 Å². The summed E-state index contributed by atoms with van der Waals surface area (Å²) in [7, 11) is 0. The largest absolute Gasteiger partial charge is 0.444 e. The van der Waals surface area contributed by atoms with Crippen LogP contribution in [-0.4, -0.2) is 40.8 Å². The van der Waals surface area contributed by atoms with E-state index in [2.05, 4.69) is 20.2 Å². The summed E-state index contributed by atoms with van der Waals surface area (Å²) in [4.78, 5) is 22.0. The first-order valence-electron chi connectivity index (χ1n) is 7.06. The fourth-order valence-corrected chi connectivity index (χ4v) is 2.37. The number of nitrogens with one attached hydrogen (secondary N) is 1. The van der Waals surface area contributed by atoms with Crippen molar-refractivity contribution in [3.05, 3.63) is 17.5 Å². The lowest BCUT2D eigenvalue weighted by molar-refractivity contribution is 0.0497. The average molecular weight is 313 g/mol. The van der Waals surface area contributed by atoms with Gasteiger partial charge in [-0.15, -0.1) is 0 Å². The van der Waals surface area contributed by atoms with Gasteiger partial charge in [0, 0.05) is 25.3 Å². The Morgan fingerprint density at radius 1 is 1.43 bits per heavy atom. The molecule has 1 saturated heterocycles. The Morgan fingerprint density at radius 2 is 2.10 bits per heavy atom. The fourth-order valence-electron chi connectivity index (χ4n) is 2.23. The number of alkyl carbamates (subject to hydrolysis) is 1. The lowest BCUT2D eigenvalue weighted by Crippen LogP contribution is -2.46. The van der Waals surface area contributed by atoms with Crippen molar-refractivity contribution in [1.29, 1.82) is 0 Å². The molecule has 2 heterocycles. The van der Waals surface area contributed by atoms with Crippen LogP contribution < -0.4 is 10.2 Å². The zero-order chi connectivity index (χ0) is 15.5. The maximum Gasteiger partial charge on any atom is 0.407 e. The number of hydrogen-bond acceptors (Lipinski definition) is 5. The number of carbonyl (C=O) groups excluding carboxylic acids is 1. The van der Waals surface area contributed by atoms with Crippen LogP contribution >= 0.6 is 11.6 Å². The van der Waals surface area contributed by atoms with Crippen LogP contribution in [0.25, 0.3) is 0 Å². The number of rotatable bonds is 2. The van der Waals surface area contributed by atoms with Gasteiger partial charge in [0.15, 0.2) is 0 Å². The molecule has 0 atom stereocenters. The molecule has 116 valence electrons. The molecule has 0 saturated carbocycles. The molecule has 2 rings (SSSR count). The highest BCUT2D eigenvalue weighted by molar-refractivity contribution is 6.28. The van der Waals surface area contributed by atoms with Gasteiger partial charge in [0.2, 0.25) is 5.28 Å². The van der Waals surface area contributed by atoms with Gasteiger partial charge in [-0.1, -0.05) is 0 Å². The maximum atomic E-state index is 11.7. The minimum Gasteiger partial charge on any atom is -0.444 e. The third kappa shape index (κ3) is 5.04. The molecular formula is C14H21ClN4O2. The molecule has 0 aliphatic carbocycles. The molecule has 1 amide bonds. The molecule has 1 N–H and O–H groups in total. The van der Waals surface area contributed by atoms with Gasteiger partial charge >= 0.3 is 6.09 Å². The Morgan fingerprint density at radius 3 is 2.67 bits per heavy atom. The SMILES string of the molecule is CC(C)(C)OC(=O)NC1CCN(c2ccnc(Cl)n2)CC1. The summed E-state index contributed by atoms with van der Waals surface area (Å²) in [6.07, 6.45) is 2.99. The Bertz CT molecular complexity index is 496. The molecule has 0 spiro atoms. The van der Waals surface area contributed by atoms with Crippen molar-refractivity contribution in [3.63, 3.8) is 0 Å². The van der Waals surface area contributed by atoms with Gasteiger partial charge in [-0.05, 0) is 51.3 Å². The van der Waals surface area contributed by atoms with Gasteiger partial charge in [-0.2, -0.15) is 0 Å². The molecule has 1 aromatic heterocycles. The summed E-state index contributed by atoms with van der Waals surface area (Å²) >= 11 is 5.80. The van der Waals surface area contributed by atoms with E-state index in [4.69, 9.17) is 16.3 Å². The summed E-state index contributed by atoms with van der Waals surface area (Å²) in [5.74, 6) is 0.825. The lowest BCUT2D eigenvalue weighted by Gasteiger charge is -2.33. The predicted octanol–water partition coefficient (Wildman–Crippen LogP) is 2.62. The van der Waals surface area contributed by atoms with Gasteiger partial charge in [0.1, 0.15) is 11.4 Å². The van der Waals surface area contributed by atoms with E-state index in [1.165, 1.54) is 0 Å².